The first-order chi connectivity index (χ1) is 14.4. The summed E-state index contributed by atoms with van der Waals surface area (Å²) in [5, 5.41) is 0.796. The van der Waals surface area contributed by atoms with Gasteiger partial charge in [-0.1, -0.05) is 12.1 Å². The summed E-state index contributed by atoms with van der Waals surface area (Å²) < 4.78 is 20.5. The lowest BCUT2D eigenvalue weighted by molar-refractivity contribution is -0.144. The number of hydrogen-bond acceptors (Lipinski definition) is 7. The second-order valence-electron chi connectivity index (χ2n) is 6.70. The molecule has 30 heavy (non-hydrogen) atoms. The molecule has 0 aliphatic rings. The topological polar surface area (TPSA) is 92.0 Å². The number of benzene rings is 2. The minimum Gasteiger partial charge on any atom is -0.497 e. The van der Waals surface area contributed by atoms with Gasteiger partial charge in [-0.05, 0) is 48.7 Å². The molecule has 7 nitrogen and oxygen atoms in total. The summed E-state index contributed by atoms with van der Waals surface area (Å²) in [4.78, 5) is 35.9. The van der Waals surface area contributed by atoms with Crippen LogP contribution in [0.4, 0.5) is 0 Å². The van der Waals surface area contributed by atoms with Crippen LogP contribution in [-0.4, -0.2) is 26.2 Å². The average molecular weight is 410 g/mol. The van der Waals surface area contributed by atoms with E-state index in [1.54, 1.807) is 43.5 Å². The van der Waals surface area contributed by atoms with Crippen molar-refractivity contribution in [2.75, 3.05) is 14.2 Å². The zero-order valence-corrected chi connectivity index (χ0v) is 17.0. The highest BCUT2D eigenvalue weighted by atomic mass is 16.5. The molecule has 0 aliphatic heterocycles. The summed E-state index contributed by atoms with van der Waals surface area (Å²) in [6.07, 6.45) is 0.268. The van der Waals surface area contributed by atoms with Gasteiger partial charge in [0.05, 0.1) is 19.8 Å². The van der Waals surface area contributed by atoms with Crippen molar-refractivity contribution in [1.29, 1.82) is 0 Å². The van der Waals surface area contributed by atoms with E-state index in [1.165, 1.54) is 7.11 Å². The first kappa shape index (κ1) is 21.1. The van der Waals surface area contributed by atoms with Gasteiger partial charge in [0.15, 0.2) is 0 Å². The lowest BCUT2D eigenvalue weighted by atomic mass is 10.0. The van der Waals surface area contributed by atoms with E-state index in [-0.39, 0.29) is 19.4 Å². The van der Waals surface area contributed by atoms with Crippen molar-refractivity contribution in [2.24, 2.45) is 0 Å². The lowest BCUT2D eigenvalue weighted by Crippen LogP contribution is -2.14. The Bertz CT molecular complexity index is 1130. The molecule has 0 bridgehead atoms. The van der Waals surface area contributed by atoms with Crippen LogP contribution in [0.5, 0.6) is 5.75 Å². The van der Waals surface area contributed by atoms with E-state index in [9.17, 15) is 14.4 Å². The van der Waals surface area contributed by atoms with Crippen molar-refractivity contribution in [3.05, 3.63) is 75.1 Å². The number of fused-ring (bicyclic) bond motifs is 1. The first-order valence-electron chi connectivity index (χ1n) is 9.36. The van der Waals surface area contributed by atoms with Crippen LogP contribution in [0.3, 0.4) is 0 Å². The minimum absolute atomic E-state index is 0.0491. The molecule has 0 spiro atoms. The van der Waals surface area contributed by atoms with Crippen LogP contribution in [0.25, 0.3) is 11.0 Å². The Morgan fingerprint density at radius 1 is 1.03 bits per heavy atom. The van der Waals surface area contributed by atoms with Gasteiger partial charge in [0.25, 0.3) is 0 Å². The van der Waals surface area contributed by atoms with E-state index in [2.05, 4.69) is 4.74 Å². The molecule has 0 amide bonds. The summed E-state index contributed by atoms with van der Waals surface area (Å²) in [5.41, 5.74) is 2.36. The molecular weight excluding hydrogens is 388 g/mol. The zero-order chi connectivity index (χ0) is 21.7. The molecule has 0 saturated carbocycles. The fourth-order valence-corrected chi connectivity index (χ4v) is 3.11. The van der Waals surface area contributed by atoms with Crippen LogP contribution in [0.2, 0.25) is 0 Å². The molecule has 3 rings (SSSR count). The molecular formula is C23H22O7. The van der Waals surface area contributed by atoms with Gasteiger partial charge in [0, 0.05) is 23.4 Å². The van der Waals surface area contributed by atoms with Crippen molar-refractivity contribution in [1.82, 2.24) is 0 Å². The maximum absolute atomic E-state index is 12.4. The summed E-state index contributed by atoms with van der Waals surface area (Å²) in [5.74, 6) is -0.261. The predicted molar refractivity (Wildman–Crippen MR) is 110 cm³/mol. The molecule has 3 aromatic rings. The highest BCUT2D eigenvalue weighted by Crippen LogP contribution is 2.24. The second kappa shape index (κ2) is 9.26. The zero-order valence-electron chi connectivity index (χ0n) is 17.0. The van der Waals surface area contributed by atoms with E-state index in [0.29, 0.717) is 22.5 Å². The van der Waals surface area contributed by atoms with Gasteiger partial charge in [-0.15, -0.1) is 0 Å². The summed E-state index contributed by atoms with van der Waals surface area (Å²) >= 11 is 0. The lowest BCUT2D eigenvalue weighted by Gasteiger charge is -2.09. The monoisotopic (exact) mass is 410 g/mol. The molecule has 0 radical (unpaired) electrons. The van der Waals surface area contributed by atoms with Crippen molar-refractivity contribution >= 4 is 22.9 Å². The molecule has 156 valence electrons. The summed E-state index contributed by atoms with van der Waals surface area (Å²) in [6.45, 7) is 1.90. The summed E-state index contributed by atoms with van der Waals surface area (Å²) in [6, 6.07) is 11.9. The summed E-state index contributed by atoms with van der Waals surface area (Å²) in [7, 11) is 2.85. The molecule has 0 saturated heterocycles. The van der Waals surface area contributed by atoms with E-state index in [0.717, 1.165) is 16.5 Å². The molecule has 0 N–H and O–H groups in total. The van der Waals surface area contributed by atoms with Crippen LogP contribution < -0.4 is 10.4 Å². The van der Waals surface area contributed by atoms with Gasteiger partial charge in [-0.3, -0.25) is 4.79 Å². The number of carbonyl (C=O) groups excluding carboxylic acids is 2. The quantitative estimate of drug-likeness (QED) is 0.434. The minimum atomic E-state index is -0.473. The Labute approximate surface area is 173 Å². The fourth-order valence-electron chi connectivity index (χ4n) is 3.11. The van der Waals surface area contributed by atoms with Crippen molar-refractivity contribution in [2.45, 2.75) is 26.4 Å². The number of carbonyl (C=O) groups is 2. The Kier molecular flexibility index (Phi) is 6.51. The molecule has 0 unspecified atom stereocenters. The fraction of sp³-hybridized carbons (Fsp3) is 0.261. The van der Waals surface area contributed by atoms with Crippen LogP contribution in [-0.2, 0) is 27.3 Å². The third-order valence-corrected chi connectivity index (χ3v) is 4.85. The second-order valence-corrected chi connectivity index (χ2v) is 6.70. The third-order valence-electron chi connectivity index (χ3n) is 4.85. The Morgan fingerprint density at radius 3 is 2.43 bits per heavy atom. The van der Waals surface area contributed by atoms with Crippen LogP contribution in [0.1, 0.15) is 33.5 Å². The molecule has 0 atom stereocenters. The van der Waals surface area contributed by atoms with E-state index in [1.807, 2.05) is 13.0 Å². The maximum Gasteiger partial charge on any atom is 0.339 e. The van der Waals surface area contributed by atoms with Crippen LogP contribution >= 0.6 is 0 Å². The standard InChI is InChI=1S/C23H22O7/c1-14-18-9-8-17(27-2)12-20(18)30-23(26)19(14)10-11-21(24)29-13-15-4-6-16(7-5-15)22(25)28-3/h4-9,12H,10-11,13H2,1-3H3. The highest BCUT2D eigenvalue weighted by Gasteiger charge is 2.14. The van der Waals surface area contributed by atoms with Gasteiger partial charge in [-0.2, -0.15) is 0 Å². The maximum atomic E-state index is 12.4. The van der Waals surface area contributed by atoms with E-state index >= 15 is 0 Å². The molecule has 1 aromatic heterocycles. The molecule has 0 aliphatic carbocycles. The number of esters is 2. The SMILES string of the molecule is COC(=O)c1ccc(COC(=O)CCc2c(C)c3ccc(OC)cc3oc2=O)cc1. The van der Waals surface area contributed by atoms with Crippen LogP contribution in [0, 0.1) is 6.92 Å². The van der Waals surface area contributed by atoms with Gasteiger partial charge >= 0.3 is 17.6 Å². The Morgan fingerprint density at radius 2 is 1.77 bits per heavy atom. The molecule has 0 fully saturated rings. The molecule has 1 heterocycles. The van der Waals surface area contributed by atoms with Crippen molar-refractivity contribution < 1.29 is 28.2 Å². The van der Waals surface area contributed by atoms with E-state index < -0.39 is 17.6 Å². The van der Waals surface area contributed by atoms with Gasteiger partial charge in [0.2, 0.25) is 0 Å². The molecule has 2 aromatic carbocycles. The molecule has 7 heteroatoms. The van der Waals surface area contributed by atoms with Crippen molar-refractivity contribution in [3.63, 3.8) is 0 Å². The van der Waals surface area contributed by atoms with Gasteiger partial charge < -0.3 is 18.6 Å². The van der Waals surface area contributed by atoms with Gasteiger partial charge in [-0.25, -0.2) is 9.59 Å². The predicted octanol–water partition coefficient (Wildman–Crippen LogP) is 3.57. The number of rotatable bonds is 7. The smallest absolute Gasteiger partial charge is 0.339 e. The van der Waals surface area contributed by atoms with E-state index in [4.69, 9.17) is 13.9 Å². The number of ether oxygens (including phenoxy) is 3. The van der Waals surface area contributed by atoms with Crippen molar-refractivity contribution in [3.8, 4) is 5.75 Å². The number of methoxy groups -OCH3 is 2. The van der Waals surface area contributed by atoms with Crippen LogP contribution in [0.15, 0.2) is 51.7 Å². The normalized spacial score (nSPS) is 10.6. The first-order valence-corrected chi connectivity index (χ1v) is 9.36. The largest absolute Gasteiger partial charge is 0.497 e. The number of aryl methyl sites for hydroxylation is 1. The average Bonchev–Trinajstić information content (AvgIpc) is 2.76. The Hall–Kier alpha value is -3.61. The third kappa shape index (κ3) is 4.68. The number of hydrogen-bond donors (Lipinski definition) is 0. The Balaban J connectivity index is 1.62. The van der Waals surface area contributed by atoms with Gasteiger partial charge in [0.1, 0.15) is 17.9 Å². The highest BCUT2D eigenvalue weighted by molar-refractivity contribution is 5.89.